The molecule has 1 rings (SSSR count). The van der Waals surface area contributed by atoms with Gasteiger partial charge in [0.05, 0.1) is 0 Å². The maximum atomic E-state index is 12.6. The molecule has 1 aliphatic heterocycles. The van der Waals surface area contributed by atoms with Crippen molar-refractivity contribution in [1.29, 1.82) is 0 Å². The predicted molar refractivity (Wildman–Crippen MR) is 125 cm³/mol. The van der Waals surface area contributed by atoms with E-state index >= 15 is 0 Å². The molecule has 0 aromatic heterocycles. The second-order valence-electron chi connectivity index (χ2n) is 8.17. The molecule has 0 saturated carbocycles. The van der Waals surface area contributed by atoms with Gasteiger partial charge in [-0.05, 0) is 0 Å². The molecule has 0 radical (unpaired) electrons. The van der Waals surface area contributed by atoms with Crippen LogP contribution in [0.3, 0.4) is 0 Å². The molecule has 0 atom stereocenters. The van der Waals surface area contributed by atoms with Gasteiger partial charge in [-0.3, -0.25) is 0 Å². The Bertz CT molecular complexity index is 578. The second kappa shape index (κ2) is 14.7. The third-order valence-electron chi connectivity index (χ3n) is 5.61. The van der Waals surface area contributed by atoms with E-state index in [1.807, 2.05) is 0 Å². The first-order valence-corrected chi connectivity index (χ1v) is 19.4. The molecule has 172 valence electrons. The summed E-state index contributed by atoms with van der Waals surface area (Å²) in [7, 11) is 0. The molecule has 0 aromatic carbocycles. The molecule has 2 amide bonds. The van der Waals surface area contributed by atoms with E-state index in [0.29, 0.717) is 19.3 Å². The normalized spacial score (nSPS) is 14.8. The van der Waals surface area contributed by atoms with Crippen LogP contribution in [0.5, 0.6) is 0 Å². The van der Waals surface area contributed by atoms with E-state index < -0.39 is 30.6 Å². The van der Waals surface area contributed by atoms with Crippen LogP contribution in [0.2, 0.25) is 13.3 Å². The summed E-state index contributed by atoms with van der Waals surface area (Å²) < 4.78 is 9.73. The van der Waals surface area contributed by atoms with Crippen molar-refractivity contribution in [1.82, 2.24) is 4.90 Å². The van der Waals surface area contributed by atoms with Crippen LogP contribution in [0.4, 0.5) is 0 Å². The summed E-state index contributed by atoms with van der Waals surface area (Å²) in [5, 5.41) is -0.416. The predicted octanol–water partition coefficient (Wildman–Crippen LogP) is 6.49. The molecule has 0 bridgehead atoms. The Morgan fingerprint density at radius 2 is 1.27 bits per heavy atom. The van der Waals surface area contributed by atoms with Crippen LogP contribution in [0, 0.1) is 0 Å². The Labute approximate surface area is 196 Å². The molecule has 8 heteroatoms. The number of rotatable bonds is 16. The maximum absolute atomic E-state index is 12.6. The summed E-state index contributed by atoms with van der Waals surface area (Å²) in [6, 6.07) is 0. The van der Waals surface area contributed by atoms with E-state index in [4.69, 9.17) is 26.3 Å². The molecular weight excluding hydrogens is 532 g/mol. The average molecular weight is 569 g/mol. The summed E-state index contributed by atoms with van der Waals surface area (Å²) in [6.45, 7) is 6.86. The Balaban J connectivity index is 2.47. The number of nitrogens with zero attached hydrogens (tertiary/aromatic N) is 1. The molecule has 0 aromatic rings. The minimum absolute atomic E-state index is 0.0461. The van der Waals surface area contributed by atoms with Crippen LogP contribution in [-0.4, -0.2) is 48.0 Å². The van der Waals surface area contributed by atoms with Gasteiger partial charge in [0.25, 0.3) is 0 Å². The first-order chi connectivity index (χ1) is 14.3. The first-order valence-electron chi connectivity index (χ1n) is 11.4. The van der Waals surface area contributed by atoms with Gasteiger partial charge in [-0.2, -0.15) is 0 Å². The molecule has 5 nitrogen and oxygen atoms in total. The van der Waals surface area contributed by atoms with Crippen LogP contribution in [0.25, 0.3) is 0 Å². The van der Waals surface area contributed by atoms with Crippen molar-refractivity contribution in [3.05, 3.63) is 10.1 Å². The summed E-state index contributed by atoms with van der Waals surface area (Å²) in [5.74, 6) is -1.12. The van der Waals surface area contributed by atoms with Crippen LogP contribution in [-0.2, 0) is 17.5 Å². The van der Waals surface area contributed by atoms with Crippen molar-refractivity contribution in [2.75, 3.05) is 6.54 Å². The van der Waals surface area contributed by atoms with Crippen LogP contribution in [0.1, 0.15) is 85.0 Å². The fourth-order valence-corrected chi connectivity index (χ4v) is 17.3. The number of carbonyl (C=O) groups excluding carboxylic acids is 3. The van der Waals surface area contributed by atoms with Crippen LogP contribution < -0.4 is 0 Å². The quantitative estimate of drug-likeness (QED) is 0.121. The topological polar surface area (TPSA) is 63.7 Å². The number of unbranched alkanes of at least 4 members (excludes halogenated alkanes) is 5. The summed E-state index contributed by atoms with van der Waals surface area (Å²) in [6.07, 6.45) is 9.38. The van der Waals surface area contributed by atoms with Crippen LogP contribution >= 0.6 is 23.2 Å². The van der Waals surface area contributed by atoms with Gasteiger partial charge < -0.3 is 0 Å². The molecule has 0 fully saturated rings. The van der Waals surface area contributed by atoms with E-state index in [2.05, 4.69) is 20.8 Å². The first kappa shape index (κ1) is 27.8. The fraction of sp³-hybridized carbons (Fsp3) is 0.773. The zero-order chi connectivity index (χ0) is 22.6. The van der Waals surface area contributed by atoms with Gasteiger partial charge in [0, 0.05) is 0 Å². The van der Waals surface area contributed by atoms with Crippen molar-refractivity contribution >= 4 is 59.8 Å². The van der Waals surface area contributed by atoms with Crippen molar-refractivity contribution in [3.8, 4) is 0 Å². The Hall–Kier alpha value is -0.271. The van der Waals surface area contributed by atoms with Crippen molar-refractivity contribution < 1.29 is 17.5 Å². The average Bonchev–Trinajstić information content (AvgIpc) is 2.92. The molecule has 1 heterocycles. The van der Waals surface area contributed by atoms with E-state index in [1.165, 1.54) is 0 Å². The van der Waals surface area contributed by atoms with Crippen LogP contribution in [0.15, 0.2) is 10.1 Å². The number of amides is 2. The molecule has 0 aliphatic carbocycles. The summed E-state index contributed by atoms with van der Waals surface area (Å²) >= 11 is 8.57. The van der Waals surface area contributed by atoms with Gasteiger partial charge in [0.1, 0.15) is 0 Å². The van der Waals surface area contributed by atoms with Crippen molar-refractivity contribution in [2.24, 2.45) is 0 Å². The Morgan fingerprint density at radius 1 is 0.800 bits per heavy atom. The third kappa shape index (κ3) is 8.70. The van der Waals surface area contributed by atoms with Gasteiger partial charge >= 0.3 is 197 Å². The SMILES string of the molecule is CCC[CH2][Sn]([CH2]CCC)([CH2]CCC)[O]C(=O)CCCCCN1C(=O)C(Cl)=C(Cl)C1=O. The molecule has 0 N–H and O–H groups in total. The van der Waals surface area contributed by atoms with Gasteiger partial charge in [0.2, 0.25) is 0 Å². The van der Waals surface area contributed by atoms with Crippen molar-refractivity contribution in [2.45, 2.75) is 98.3 Å². The monoisotopic (exact) mass is 569 g/mol. The Kier molecular flexibility index (Phi) is 13.6. The third-order valence-corrected chi connectivity index (χ3v) is 19.1. The molecular formula is C22H37Cl2NO4Sn. The number of carbonyl (C=O) groups is 3. The molecule has 0 unspecified atom stereocenters. The standard InChI is InChI=1S/C10H11Cl2NO4.3C4H9.Sn/c11-7-8(12)10(17)13(9(7)16)5-3-1-2-4-6(14)15;3*1-3-4-2;/h1-5H2,(H,14,15);3*1,3-4H2,2H3;/q;;;;+1/p-1. The molecule has 0 saturated heterocycles. The molecule has 0 spiro atoms. The number of hydrogen-bond donors (Lipinski definition) is 0. The summed E-state index contributed by atoms with van der Waals surface area (Å²) in [4.78, 5) is 37.5. The number of imide groups is 1. The Morgan fingerprint density at radius 3 is 1.70 bits per heavy atom. The van der Waals surface area contributed by atoms with Gasteiger partial charge in [-0.25, -0.2) is 0 Å². The van der Waals surface area contributed by atoms with Gasteiger partial charge in [0.15, 0.2) is 0 Å². The van der Waals surface area contributed by atoms with Crippen molar-refractivity contribution in [3.63, 3.8) is 0 Å². The molecule has 1 aliphatic rings. The summed E-state index contributed by atoms with van der Waals surface area (Å²) in [5.41, 5.74) is 0. The van der Waals surface area contributed by atoms with E-state index in [0.717, 1.165) is 63.2 Å². The minimum atomic E-state index is -2.90. The van der Waals surface area contributed by atoms with Gasteiger partial charge in [-0.1, -0.05) is 0 Å². The van der Waals surface area contributed by atoms with E-state index in [1.54, 1.807) is 0 Å². The molecule has 30 heavy (non-hydrogen) atoms. The number of halogens is 2. The zero-order valence-corrected chi connectivity index (χ0v) is 23.1. The zero-order valence-electron chi connectivity index (χ0n) is 18.7. The number of hydrogen-bond acceptors (Lipinski definition) is 4. The van der Waals surface area contributed by atoms with E-state index in [-0.39, 0.29) is 22.6 Å². The van der Waals surface area contributed by atoms with Gasteiger partial charge in [-0.15, -0.1) is 0 Å². The second-order valence-corrected chi connectivity index (χ2v) is 20.5. The van der Waals surface area contributed by atoms with E-state index in [9.17, 15) is 14.4 Å². The fourth-order valence-electron chi connectivity index (χ4n) is 3.75.